The molecule has 0 aliphatic carbocycles. The third-order valence-electron chi connectivity index (χ3n) is 2.77. The van der Waals surface area contributed by atoms with E-state index in [-0.39, 0.29) is 0 Å². The molecule has 0 spiro atoms. The summed E-state index contributed by atoms with van der Waals surface area (Å²) in [6.45, 7) is 5.90. The highest BCUT2D eigenvalue weighted by Crippen LogP contribution is 2.29. The van der Waals surface area contributed by atoms with E-state index in [1.165, 1.54) is 27.7 Å². The van der Waals surface area contributed by atoms with E-state index < -0.39 is 56.6 Å². The summed E-state index contributed by atoms with van der Waals surface area (Å²) >= 11 is 0. The minimum atomic E-state index is -4.71. The molecule has 28 heavy (non-hydrogen) atoms. The average Bonchev–Trinajstić information content (AvgIpc) is 2.52. The molecule has 0 radical (unpaired) electrons. The van der Waals surface area contributed by atoms with Gasteiger partial charge in [0.25, 0.3) is 5.71 Å². The normalized spacial score (nSPS) is 11.9. The maximum Gasteiger partial charge on any atom is 0.416 e. The van der Waals surface area contributed by atoms with Crippen LogP contribution in [0.2, 0.25) is 0 Å². The van der Waals surface area contributed by atoms with Gasteiger partial charge >= 0.3 is 28.2 Å². The first kappa shape index (κ1) is 23.4. The summed E-state index contributed by atoms with van der Waals surface area (Å²) in [4.78, 5) is 23.2. The first-order valence-electron chi connectivity index (χ1n) is 7.85. The maximum atomic E-state index is 12.6. The van der Waals surface area contributed by atoms with Crippen LogP contribution >= 0.6 is 0 Å². The number of carbonyl (C=O) groups is 2. The third kappa shape index (κ3) is 6.83. The van der Waals surface area contributed by atoms with Crippen molar-refractivity contribution in [2.24, 2.45) is 5.16 Å². The molecule has 1 aromatic carbocycles. The molecule has 12 heteroatoms. The van der Waals surface area contributed by atoms with Crippen LogP contribution in [0.5, 0.6) is 0 Å². The number of ether oxygens (including phenoxy) is 2. The summed E-state index contributed by atoms with van der Waals surface area (Å²) in [7, 11) is -4.71. The van der Waals surface area contributed by atoms with Gasteiger partial charge in [-0.2, -0.15) is 21.6 Å². The highest BCUT2D eigenvalue weighted by molar-refractivity contribution is 7.86. The lowest BCUT2D eigenvalue weighted by Gasteiger charge is -2.11. The zero-order chi connectivity index (χ0) is 21.7. The summed E-state index contributed by atoms with van der Waals surface area (Å²) in [5.74, 6) is -2.58. The number of rotatable bonds is 7. The second kappa shape index (κ2) is 9.04. The zero-order valence-corrected chi connectivity index (χ0v) is 16.1. The van der Waals surface area contributed by atoms with Crippen molar-refractivity contribution in [1.82, 2.24) is 0 Å². The van der Waals surface area contributed by atoms with Crippen LogP contribution < -0.4 is 0 Å². The molecule has 0 N–H and O–H groups in total. The van der Waals surface area contributed by atoms with Gasteiger partial charge in [0.2, 0.25) is 0 Å². The SMILES string of the molecule is CC(C)OC(=O)C(=NOS(=O)(=O)c1ccc(C(F)(F)F)cc1)C(=O)OC(C)C. The smallest absolute Gasteiger partial charge is 0.416 e. The van der Waals surface area contributed by atoms with Crippen molar-refractivity contribution in [1.29, 1.82) is 0 Å². The van der Waals surface area contributed by atoms with Crippen molar-refractivity contribution in [3.05, 3.63) is 29.8 Å². The fraction of sp³-hybridized carbons (Fsp3) is 0.438. The first-order valence-corrected chi connectivity index (χ1v) is 9.25. The number of hydrogen-bond acceptors (Lipinski definition) is 8. The van der Waals surface area contributed by atoms with Crippen LogP contribution in [0.15, 0.2) is 34.3 Å². The zero-order valence-electron chi connectivity index (χ0n) is 15.3. The van der Waals surface area contributed by atoms with Gasteiger partial charge in [-0.1, -0.05) is 0 Å². The number of alkyl halides is 3. The molecule has 0 bridgehead atoms. The van der Waals surface area contributed by atoms with Gasteiger partial charge in [0.05, 0.1) is 17.8 Å². The van der Waals surface area contributed by atoms with Gasteiger partial charge in [-0.3, -0.25) is 4.28 Å². The van der Waals surface area contributed by atoms with Crippen LogP contribution in [0.25, 0.3) is 0 Å². The van der Waals surface area contributed by atoms with Gasteiger partial charge in [0.1, 0.15) is 4.90 Å². The Bertz CT molecular complexity index is 820. The molecule has 1 rings (SSSR count). The largest absolute Gasteiger partial charge is 0.458 e. The molecule has 156 valence electrons. The third-order valence-corrected chi connectivity index (χ3v) is 3.89. The molecule has 0 heterocycles. The lowest BCUT2D eigenvalue weighted by molar-refractivity contribution is -0.145. The van der Waals surface area contributed by atoms with Gasteiger partial charge in [-0.15, -0.1) is 0 Å². The lowest BCUT2D eigenvalue weighted by Crippen LogP contribution is -2.32. The minimum Gasteiger partial charge on any atom is -0.458 e. The van der Waals surface area contributed by atoms with E-state index in [9.17, 15) is 31.2 Å². The molecule has 0 aliphatic rings. The summed E-state index contributed by atoms with van der Waals surface area (Å²) in [5.41, 5.74) is -2.14. The number of hydrogen-bond donors (Lipinski definition) is 0. The molecule has 1 aromatic rings. The predicted molar refractivity (Wildman–Crippen MR) is 89.6 cm³/mol. The Morgan fingerprint density at radius 1 is 0.929 bits per heavy atom. The van der Waals surface area contributed by atoms with Gasteiger partial charge in [-0.25, -0.2) is 9.59 Å². The fourth-order valence-corrected chi connectivity index (χ4v) is 2.37. The number of esters is 2. The molecule has 0 atom stereocenters. The van der Waals surface area contributed by atoms with Gasteiger partial charge in [-0.05, 0) is 57.1 Å². The molecular weight excluding hydrogens is 407 g/mol. The Morgan fingerprint density at radius 3 is 1.71 bits per heavy atom. The summed E-state index contributed by atoms with van der Waals surface area (Å²) in [6, 6.07) is 2.35. The predicted octanol–water partition coefficient (Wildman–Crippen LogP) is 2.67. The van der Waals surface area contributed by atoms with Crippen LogP contribution in [0, 0.1) is 0 Å². The van der Waals surface area contributed by atoms with Crippen molar-refractivity contribution < 1.29 is 44.9 Å². The number of carbonyl (C=O) groups excluding carboxylic acids is 2. The van der Waals surface area contributed by atoms with Crippen LogP contribution in [-0.4, -0.2) is 38.3 Å². The van der Waals surface area contributed by atoms with E-state index in [1.807, 2.05) is 0 Å². The lowest BCUT2D eigenvalue weighted by atomic mass is 10.2. The van der Waals surface area contributed by atoms with E-state index in [1.54, 1.807) is 0 Å². The quantitative estimate of drug-likeness (QED) is 0.286. The number of benzene rings is 1. The van der Waals surface area contributed by atoms with Crippen LogP contribution in [-0.2, 0) is 39.6 Å². The maximum absolute atomic E-state index is 12.6. The number of nitrogens with zero attached hydrogens (tertiary/aromatic N) is 1. The molecule has 0 amide bonds. The van der Waals surface area contributed by atoms with Crippen molar-refractivity contribution in [3.63, 3.8) is 0 Å². The van der Waals surface area contributed by atoms with E-state index in [2.05, 4.69) is 9.44 Å². The van der Waals surface area contributed by atoms with Gasteiger partial charge in [0, 0.05) is 0 Å². The summed E-state index contributed by atoms with van der Waals surface area (Å²) in [6.07, 6.45) is -5.97. The van der Waals surface area contributed by atoms with E-state index in [0.717, 1.165) is 0 Å². The standard InChI is InChI=1S/C16H18F3NO7S/c1-9(2)25-14(21)13(15(22)26-10(3)4)20-27-28(23,24)12-7-5-11(6-8-12)16(17,18)19/h5-10H,1-4H3. The van der Waals surface area contributed by atoms with Crippen molar-refractivity contribution in [2.75, 3.05) is 0 Å². The summed E-state index contributed by atoms with van der Waals surface area (Å²) in [5, 5.41) is 3.01. The van der Waals surface area contributed by atoms with E-state index in [0.29, 0.717) is 24.3 Å². The average molecular weight is 425 g/mol. The Hall–Kier alpha value is -2.63. The Kier molecular flexibility index (Phi) is 7.56. The van der Waals surface area contributed by atoms with Gasteiger partial charge < -0.3 is 9.47 Å². The molecule has 0 fully saturated rings. The van der Waals surface area contributed by atoms with Crippen molar-refractivity contribution in [3.8, 4) is 0 Å². The van der Waals surface area contributed by atoms with Crippen molar-refractivity contribution >= 4 is 27.8 Å². The van der Waals surface area contributed by atoms with Crippen LogP contribution in [0.3, 0.4) is 0 Å². The van der Waals surface area contributed by atoms with Gasteiger partial charge in [0.15, 0.2) is 0 Å². The first-order chi connectivity index (χ1) is 12.7. The Labute approximate surface area is 159 Å². The highest BCUT2D eigenvalue weighted by atomic mass is 32.2. The molecule has 0 saturated heterocycles. The highest BCUT2D eigenvalue weighted by Gasteiger charge is 2.31. The Balaban J connectivity index is 3.14. The van der Waals surface area contributed by atoms with E-state index in [4.69, 9.17) is 9.47 Å². The fourth-order valence-electron chi connectivity index (χ4n) is 1.64. The monoisotopic (exact) mass is 425 g/mol. The molecule has 0 aromatic heterocycles. The minimum absolute atomic E-state index is 0.529. The molecule has 0 unspecified atom stereocenters. The topological polar surface area (TPSA) is 108 Å². The number of oxime groups is 1. The second-order valence-electron chi connectivity index (χ2n) is 5.90. The molecule has 0 aliphatic heterocycles. The molecule has 8 nitrogen and oxygen atoms in total. The summed E-state index contributed by atoms with van der Waals surface area (Å²) < 4.78 is 75.6. The van der Waals surface area contributed by atoms with Crippen molar-refractivity contribution in [2.45, 2.75) is 51.0 Å². The Morgan fingerprint density at radius 2 is 1.36 bits per heavy atom. The molecular formula is C16H18F3NO7S. The molecule has 0 saturated carbocycles. The van der Waals surface area contributed by atoms with Crippen LogP contribution in [0.4, 0.5) is 13.2 Å². The second-order valence-corrected chi connectivity index (χ2v) is 7.43. The number of halogens is 3. The van der Waals surface area contributed by atoms with E-state index >= 15 is 0 Å². The van der Waals surface area contributed by atoms with Crippen LogP contribution in [0.1, 0.15) is 33.3 Å².